The summed E-state index contributed by atoms with van der Waals surface area (Å²) in [7, 11) is 1.95. The lowest BCUT2D eigenvalue weighted by Crippen LogP contribution is -2.42. The predicted molar refractivity (Wildman–Crippen MR) is 87.9 cm³/mol. The van der Waals surface area contributed by atoms with E-state index in [9.17, 15) is 4.79 Å². The number of aromatic nitrogens is 2. The van der Waals surface area contributed by atoms with E-state index in [4.69, 9.17) is 5.73 Å². The summed E-state index contributed by atoms with van der Waals surface area (Å²) in [5, 5.41) is 3.16. The van der Waals surface area contributed by atoms with Crippen molar-refractivity contribution in [2.24, 2.45) is 24.1 Å². The van der Waals surface area contributed by atoms with Crippen molar-refractivity contribution in [2.75, 3.05) is 19.6 Å². The van der Waals surface area contributed by atoms with Crippen LogP contribution in [0.25, 0.3) is 0 Å². The number of nitrogens with one attached hydrogen (secondary N) is 1. The minimum Gasteiger partial charge on any atom is -0.340 e. The first-order valence-electron chi connectivity index (χ1n) is 8.81. The molecule has 1 aromatic heterocycles. The van der Waals surface area contributed by atoms with Gasteiger partial charge in [0, 0.05) is 44.8 Å². The number of hydrogen-bond acceptors (Lipinski definition) is 3. The molecule has 0 unspecified atom stereocenters. The highest BCUT2D eigenvalue weighted by molar-refractivity contribution is 5.75. The molecule has 0 spiro atoms. The number of amides is 2. The van der Waals surface area contributed by atoms with Crippen molar-refractivity contribution < 1.29 is 4.79 Å². The van der Waals surface area contributed by atoms with E-state index in [1.165, 1.54) is 32.1 Å². The van der Waals surface area contributed by atoms with Crippen LogP contribution in [-0.4, -0.2) is 46.2 Å². The Bertz CT molecular complexity index is 590. The number of likely N-dealkylation sites (tertiary alicyclic amines) is 1. The highest BCUT2D eigenvalue weighted by atomic mass is 16.2. The smallest absolute Gasteiger partial charge is 0.317 e. The molecule has 0 aromatic carbocycles. The third-order valence-electron chi connectivity index (χ3n) is 5.75. The number of nitrogens with zero attached hydrogens (tertiary/aromatic N) is 3. The first kappa shape index (κ1) is 15.0. The fraction of sp³-hybridized carbons (Fsp3) is 0.765. The number of imidazole rings is 1. The SMILES string of the molecule is Cn1cnc([C@@H]2CN(C(=O)NCC3(CC4CC4)CC3)C[C@H]2N)c1. The highest BCUT2D eigenvalue weighted by Crippen LogP contribution is 2.54. The first-order valence-corrected chi connectivity index (χ1v) is 8.81. The number of carbonyl (C=O) groups excluding carboxylic acids is 1. The molecular weight excluding hydrogens is 290 g/mol. The summed E-state index contributed by atoms with van der Waals surface area (Å²) < 4.78 is 1.93. The summed E-state index contributed by atoms with van der Waals surface area (Å²) in [5.41, 5.74) is 7.65. The van der Waals surface area contributed by atoms with Gasteiger partial charge >= 0.3 is 6.03 Å². The second-order valence-electron chi connectivity index (χ2n) is 7.95. The summed E-state index contributed by atoms with van der Waals surface area (Å²) in [4.78, 5) is 18.7. The lowest BCUT2D eigenvalue weighted by molar-refractivity contribution is 0.204. The molecule has 3 aliphatic rings. The van der Waals surface area contributed by atoms with Crippen LogP contribution in [0.5, 0.6) is 0 Å². The van der Waals surface area contributed by atoms with Gasteiger partial charge in [0.05, 0.1) is 12.0 Å². The molecule has 2 atom stereocenters. The zero-order valence-corrected chi connectivity index (χ0v) is 13.9. The van der Waals surface area contributed by atoms with Crippen molar-refractivity contribution in [3.8, 4) is 0 Å². The molecule has 3 N–H and O–H groups in total. The Morgan fingerprint density at radius 2 is 2.22 bits per heavy atom. The molecule has 6 heteroatoms. The molecule has 3 fully saturated rings. The number of aryl methyl sites for hydroxylation is 1. The summed E-state index contributed by atoms with van der Waals surface area (Å²) in [5.74, 6) is 1.08. The summed E-state index contributed by atoms with van der Waals surface area (Å²) in [6.45, 7) is 2.12. The topological polar surface area (TPSA) is 76.2 Å². The van der Waals surface area contributed by atoms with Gasteiger partial charge in [0.25, 0.3) is 0 Å². The molecule has 2 saturated carbocycles. The van der Waals surface area contributed by atoms with Crippen LogP contribution in [0.4, 0.5) is 4.79 Å². The van der Waals surface area contributed by atoms with E-state index in [2.05, 4.69) is 10.3 Å². The van der Waals surface area contributed by atoms with Crippen LogP contribution in [0.2, 0.25) is 0 Å². The van der Waals surface area contributed by atoms with Gasteiger partial charge in [-0.15, -0.1) is 0 Å². The molecule has 126 valence electrons. The second-order valence-corrected chi connectivity index (χ2v) is 7.95. The first-order chi connectivity index (χ1) is 11.0. The maximum atomic E-state index is 12.5. The Morgan fingerprint density at radius 3 is 2.83 bits per heavy atom. The molecule has 23 heavy (non-hydrogen) atoms. The van der Waals surface area contributed by atoms with Gasteiger partial charge in [-0.1, -0.05) is 12.8 Å². The molecule has 4 rings (SSSR count). The molecule has 1 aromatic rings. The van der Waals surface area contributed by atoms with Gasteiger partial charge in [0.1, 0.15) is 0 Å². The average Bonchev–Trinajstić information content (AvgIpc) is 3.42. The van der Waals surface area contributed by atoms with Crippen molar-refractivity contribution >= 4 is 6.03 Å². The van der Waals surface area contributed by atoms with E-state index in [0.717, 1.165) is 18.2 Å². The lowest BCUT2D eigenvalue weighted by Gasteiger charge is -2.20. The van der Waals surface area contributed by atoms with E-state index in [1.54, 1.807) is 6.33 Å². The molecule has 0 radical (unpaired) electrons. The van der Waals surface area contributed by atoms with Gasteiger partial charge in [-0.05, 0) is 30.6 Å². The fourth-order valence-corrected chi connectivity index (χ4v) is 3.87. The Hall–Kier alpha value is -1.56. The maximum Gasteiger partial charge on any atom is 0.317 e. The number of hydrogen-bond donors (Lipinski definition) is 2. The molecule has 2 aliphatic carbocycles. The van der Waals surface area contributed by atoms with Crippen molar-refractivity contribution in [3.63, 3.8) is 0 Å². The Balaban J connectivity index is 1.31. The average molecular weight is 317 g/mol. The maximum absolute atomic E-state index is 12.5. The molecule has 2 heterocycles. The molecular formula is C17H27N5O. The van der Waals surface area contributed by atoms with Crippen LogP contribution < -0.4 is 11.1 Å². The van der Waals surface area contributed by atoms with Crippen LogP contribution in [0.15, 0.2) is 12.5 Å². The molecule has 1 saturated heterocycles. The number of urea groups is 1. The molecule has 6 nitrogen and oxygen atoms in total. The number of nitrogens with two attached hydrogens (primary N) is 1. The largest absolute Gasteiger partial charge is 0.340 e. The highest BCUT2D eigenvalue weighted by Gasteiger charge is 2.46. The predicted octanol–water partition coefficient (Wildman–Crippen LogP) is 1.44. The number of rotatable bonds is 5. The van der Waals surface area contributed by atoms with Gasteiger partial charge in [-0.25, -0.2) is 9.78 Å². The van der Waals surface area contributed by atoms with E-state index in [1.807, 2.05) is 22.7 Å². The monoisotopic (exact) mass is 317 g/mol. The van der Waals surface area contributed by atoms with Crippen LogP contribution in [0.3, 0.4) is 0 Å². The quantitative estimate of drug-likeness (QED) is 0.863. The van der Waals surface area contributed by atoms with E-state index >= 15 is 0 Å². The van der Waals surface area contributed by atoms with Gasteiger partial charge in [0.15, 0.2) is 0 Å². The summed E-state index contributed by atoms with van der Waals surface area (Å²) in [6.07, 6.45) is 10.4. The van der Waals surface area contributed by atoms with Crippen LogP contribution in [-0.2, 0) is 7.05 Å². The van der Waals surface area contributed by atoms with E-state index in [-0.39, 0.29) is 18.0 Å². The van der Waals surface area contributed by atoms with Gasteiger partial charge < -0.3 is 20.5 Å². The van der Waals surface area contributed by atoms with E-state index in [0.29, 0.717) is 18.5 Å². The normalized spacial score (nSPS) is 28.9. The zero-order chi connectivity index (χ0) is 16.0. The third kappa shape index (κ3) is 3.22. The Morgan fingerprint density at radius 1 is 1.43 bits per heavy atom. The standard InChI is InChI=1S/C17H27N5O/c1-21-9-15(20-11-21)13-7-22(8-14(13)18)16(23)19-10-17(4-5-17)6-12-2-3-12/h9,11-14H,2-8,10,18H2,1H3,(H,19,23)/t13-,14-/m1/s1. The van der Waals surface area contributed by atoms with Crippen LogP contribution in [0.1, 0.15) is 43.7 Å². The Labute approximate surface area is 137 Å². The van der Waals surface area contributed by atoms with Crippen molar-refractivity contribution in [1.29, 1.82) is 0 Å². The van der Waals surface area contributed by atoms with Gasteiger partial charge in [-0.3, -0.25) is 0 Å². The lowest BCUT2D eigenvalue weighted by atomic mass is 9.99. The number of carbonyl (C=O) groups is 1. The van der Waals surface area contributed by atoms with Gasteiger partial charge in [0.2, 0.25) is 0 Å². The van der Waals surface area contributed by atoms with E-state index < -0.39 is 0 Å². The Kier molecular flexibility index (Phi) is 3.59. The fourth-order valence-electron chi connectivity index (χ4n) is 3.87. The zero-order valence-electron chi connectivity index (χ0n) is 13.9. The van der Waals surface area contributed by atoms with Crippen molar-refractivity contribution in [2.45, 2.75) is 44.1 Å². The van der Waals surface area contributed by atoms with Crippen LogP contribution >= 0.6 is 0 Å². The molecule has 2 amide bonds. The minimum absolute atomic E-state index is 0.0306. The second kappa shape index (κ2) is 5.51. The van der Waals surface area contributed by atoms with Crippen molar-refractivity contribution in [1.82, 2.24) is 19.8 Å². The molecule has 0 bridgehead atoms. The summed E-state index contributed by atoms with van der Waals surface area (Å²) in [6, 6.07) is 0.0120. The van der Waals surface area contributed by atoms with Gasteiger partial charge in [-0.2, -0.15) is 0 Å². The molecule has 1 aliphatic heterocycles. The van der Waals surface area contributed by atoms with Crippen LogP contribution in [0, 0.1) is 11.3 Å². The third-order valence-corrected chi connectivity index (χ3v) is 5.75. The minimum atomic E-state index is -0.0306. The summed E-state index contributed by atoms with van der Waals surface area (Å²) >= 11 is 0. The van der Waals surface area contributed by atoms with Crippen molar-refractivity contribution in [3.05, 3.63) is 18.2 Å².